The van der Waals surface area contributed by atoms with E-state index < -0.39 is 0 Å². The zero-order chi connectivity index (χ0) is 15.8. The lowest BCUT2D eigenvalue weighted by Crippen LogP contribution is -2.37. The summed E-state index contributed by atoms with van der Waals surface area (Å²) in [5, 5.41) is 0. The first-order valence-electron chi connectivity index (χ1n) is 7.45. The topological polar surface area (TPSA) is 46.3 Å². The van der Waals surface area contributed by atoms with E-state index in [1.807, 2.05) is 47.4 Å². The van der Waals surface area contributed by atoms with Gasteiger partial charge in [0, 0.05) is 24.1 Å². The van der Waals surface area contributed by atoms with Gasteiger partial charge in [0.15, 0.2) is 0 Å². The van der Waals surface area contributed by atoms with E-state index in [0.717, 1.165) is 16.5 Å². The van der Waals surface area contributed by atoms with Crippen molar-refractivity contribution < 1.29 is 4.79 Å². The quantitative estimate of drug-likeness (QED) is 0.778. The summed E-state index contributed by atoms with van der Waals surface area (Å²) in [5.41, 5.74) is 7.90. The van der Waals surface area contributed by atoms with E-state index in [0.29, 0.717) is 26.1 Å². The van der Waals surface area contributed by atoms with E-state index in [2.05, 4.69) is 28.1 Å². The van der Waals surface area contributed by atoms with Crippen molar-refractivity contribution in [1.29, 1.82) is 0 Å². The number of hydrogen-bond donors (Lipinski definition) is 1. The molecule has 0 aromatic heterocycles. The lowest BCUT2D eigenvalue weighted by Gasteiger charge is -2.22. The van der Waals surface area contributed by atoms with Gasteiger partial charge < -0.3 is 10.6 Å². The number of amides is 1. The van der Waals surface area contributed by atoms with Gasteiger partial charge in [0.25, 0.3) is 0 Å². The highest BCUT2D eigenvalue weighted by Gasteiger charge is 2.13. The molecule has 3 nitrogen and oxygen atoms in total. The van der Waals surface area contributed by atoms with Gasteiger partial charge in [0.05, 0.1) is 6.42 Å². The van der Waals surface area contributed by atoms with Crippen molar-refractivity contribution in [1.82, 2.24) is 4.90 Å². The van der Waals surface area contributed by atoms with Crippen LogP contribution < -0.4 is 5.73 Å². The Balaban J connectivity index is 0.00000264. The first-order chi connectivity index (χ1) is 10.7. The maximum atomic E-state index is 12.5. The number of nitrogens with zero attached hydrogens (tertiary/aromatic N) is 1. The monoisotopic (exact) mass is 396 g/mol. The number of nitrogens with two attached hydrogens (primary N) is 1. The summed E-state index contributed by atoms with van der Waals surface area (Å²) in [4.78, 5) is 14.3. The molecular weight excluding hydrogens is 376 g/mol. The molecule has 2 aromatic rings. The van der Waals surface area contributed by atoms with Gasteiger partial charge in [-0.15, -0.1) is 12.4 Å². The van der Waals surface area contributed by atoms with Crippen molar-refractivity contribution in [3.05, 3.63) is 70.2 Å². The molecule has 2 aromatic carbocycles. The van der Waals surface area contributed by atoms with Gasteiger partial charge in [0.1, 0.15) is 0 Å². The predicted octanol–water partition coefficient (Wildman–Crippen LogP) is 3.44. The fourth-order valence-corrected chi connectivity index (χ4v) is 2.81. The smallest absolute Gasteiger partial charge is 0.227 e. The van der Waals surface area contributed by atoms with Crippen LogP contribution in [0.15, 0.2) is 59.1 Å². The van der Waals surface area contributed by atoms with E-state index in [1.54, 1.807) is 0 Å². The summed E-state index contributed by atoms with van der Waals surface area (Å²) in [6, 6.07) is 18.1. The van der Waals surface area contributed by atoms with Crippen LogP contribution in [0.2, 0.25) is 0 Å². The second kappa shape index (κ2) is 10.4. The Morgan fingerprint density at radius 1 is 1.00 bits per heavy atom. The number of benzene rings is 2. The molecule has 124 valence electrons. The molecule has 0 atom stereocenters. The van der Waals surface area contributed by atoms with E-state index >= 15 is 0 Å². The Bertz CT molecular complexity index is 607. The third kappa shape index (κ3) is 6.73. The average molecular weight is 398 g/mol. The molecule has 0 heterocycles. The molecule has 0 aliphatic heterocycles. The summed E-state index contributed by atoms with van der Waals surface area (Å²) in [6.07, 6.45) is 1.26. The summed E-state index contributed by atoms with van der Waals surface area (Å²) >= 11 is 3.44. The summed E-state index contributed by atoms with van der Waals surface area (Å²) in [7, 11) is 0. The third-order valence-electron chi connectivity index (χ3n) is 3.51. The molecule has 2 N–H and O–H groups in total. The van der Waals surface area contributed by atoms with Crippen molar-refractivity contribution in [2.75, 3.05) is 19.6 Å². The van der Waals surface area contributed by atoms with Crippen LogP contribution in [0.1, 0.15) is 11.1 Å². The molecule has 0 spiro atoms. The Morgan fingerprint density at radius 3 is 2.35 bits per heavy atom. The highest BCUT2D eigenvalue weighted by Crippen LogP contribution is 2.13. The molecule has 23 heavy (non-hydrogen) atoms. The van der Waals surface area contributed by atoms with Gasteiger partial charge in [0.2, 0.25) is 5.91 Å². The fourth-order valence-electron chi connectivity index (χ4n) is 2.36. The van der Waals surface area contributed by atoms with Gasteiger partial charge in [-0.3, -0.25) is 4.79 Å². The minimum Gasteiger partial charge on any atom is -0.341 e. The fraction of sp³-hybridized carbons (Fsp3) is 0.278. The minimum absolute atomic E-state index is 0. The van der Waals surface area contributed by atoms with E-state index in [9.17, 15) is 4.79 Å². The lowest BCUT2D eigenvalue weighted by molar-refractivity contribution is -0.130. The van der Waals surface area contributed by atoms with Crippen molar-refractivity contribution in [2.45, 2.75) is 12.8 Å². The Labute approximate surface area is 152 Å². The highest BCUT2D eigenvalue weighted by molar-refractivity contribution is 9.10. The second-order valence-electron chi connectivity index (χ2n) is 5.21. The summed E-state index contributed by atoms with van der Waals surface area (Å²) in [5.74, 6) is 0.125. The van der Waals surface area contributed by atoms with Crippen LogP contribution >= 0.6 is 28.3 Å². The molecule has 0 aliphatic rings. The number of hydrogen-bond acceptors (Lipinski definition) is 2. The average Bonchev–Trinajstić information content (AvgIpc) is 2.52. The zero-order valence-electron chi connectivity index (χ0n) is 13.0. The van der Waals surface area contributed by atoms with Gasteiger partial charge in [-0.25, -0.2) is 0 Å². The molecule has 0 aliphatic carbocycles. The van der Waals surface area contributed by atoms with Gasteiger partial charge in [-0.2, -0.15) is 0 Å². The van der Waals surface area contributed by atoms with Crippen molar-refractivity contribution in [2.24, 2.45) is 5.73 Å². The number of halogens is 2. The second-order valence-corrected chi connectivity index (χ2v) is 6.13. The van der Waals surface area contributed by atoms with Crippen LogP contribution in [-0.2, 0) is 17.6 Å². The first-order valence-corrected chi connectivity index (χ1v) is 8.24. The molecule has 0 bridgehead atoms. The van der Waals surface area contributed by atoms with Crippen LogP contribution in [0, 0.1) is 0 Å². The van der Waals surface area contributed by atoms with Crippen LogP contribution in [0.4, 0.5) is 0 Å². The SMILES string of the molecule is Cl.NCCN(CCc1ccccc1)C(=O)Cc1cccc(Br)c1. The molecule has 0 saturated heterocycles. The van der Waals surface area contributed by atoms with Crippen LogP contribution in [0.25, 0.3) is 0 Å². The molecule has 1 amide bonds. The van der Waals surface area contributed by atoms with Gasteiger partial charge in [-0.05, 0) is 29.7 Å². The Morgan fingerprint density at radius 2 is 1.70 bits per heavy atom. The lowest BCUT2D eigenvalue weighted by atomic mass is 10.1. The molecule has 0 saturated carbocycles. The number of rotatable bonds is 7. The summed E-state index contributed by atoms with van der Waals surface area (Å²) < 4.78 is 0.993. The summed E-state index contributed by atoms with van der Waals surface area (Å²) in [6.45, 7) is 1.78. The van der Waals surface area contributed by atoms with E-state index in [1.165, 1.54) is 5.56 Å². The van der Waals surface area contributed by atoms with Crippen LogP contribution in [0.3, 0.4) is 0 Å². The largest absolute Gasteiger partial charge is 0.341 e. The Kier molecular flexibility index (Phi) is 8.92. The molecule has 0 fully saturated rings. The van der Waals surface area contributed by atoms with Crippen LogP contribution in [0.5, 0.6) is 0 Å². The standard InChI is InChI=1S/C18H21BrN2O.ClH/c19-17-8-4-7-16(13-17)14-18(22)21(12-10-20)11-9-15-5-2-1-3-6-15;/h1-8,13H,9-12,14,20H2;1H. The number of carbonyl (C=O) groups is 1. The molecule has 2 rings (SSSR count). The zero-order valence-corrected chi connectivity index (χ0v) is 15.4. The molecule has 5 heteroatoms. The third-order valence-corrected chi connectivity index (χ3v) is 4.00. The Hall–Kier alpha value is -1.36. The maximum absolute atomic E-state index is 12.5. The van der Waals surface area contributed by atoms with Crippen molar-refractivity contribution >= 4 is 34.2 Å². The highest BCUT2D eigenvalue weighted by atomic mass is 79.9. The first kappa shape index (κ1) is 19.7. The van der Waals surface area contributed by atoms with E-state index in [-0.39, 0.29) is 18.3 Å². The van der Waals surface area contributed by atoms with E-state index in [4.69, 9.17) is 5.73 Å². The predicted molar refractivity (Wildman–Crippen MR) is 101 cm³/mol. The molecule has 0 radical (unpaired) electrons. The van der Waals surface area contributed by atoms with Gasteiger partial charge >= 0.3 is 0 Å². The molecule has 0 unspecified atom stereocenters. The minimum atomic E-state index is 0. The van der Waals surface area contributed by atoms with Gasteiger partial charge in [-0.1, -0.05) is 58.4 Å². The molecular formula is C18H22BrClN2O. The van der Waals surface area contributed by atoms with Crippen molar-refractivity contribution in [3.8, 4) is 0 Å². The van der Waals surface area contributed by atoms with Crippen LogP contribution in [-0.4, -0.2) is 30.4 Å². The van der Waals surface area contributed by atoms with Crippen molar-refractivity contribution in [3.63, 3.8) is 0 Å². The number of carbonyl (C=O) groups excluding carboxylic acids is 1. The maximum Gasteiger partial charge on any atom is 0.227 e. The normalized spacial score (nSPS) is 10.0.